The van der Waals surface area contributed by atoms with Crippen LogP contribution in [0.5, 0.6) is 0 Å². The van der Waals surface area contributed by atoms with Crippen molar-refractivity contribution in [3.63, 3.8) is 0 Å². The van der Waals surface area contributed by atoms with Gasteiger partial charge in [0.25, 0.3) is 11.8 Å². The predicted molar refractivity (Wildman–Crippen MR) is 102 cm³/mol. The Hall–Kier alpha value is -3.32. The number of aromatic amines is 1. The van der Waals surface area contributed by atoms with Crippen molar-refractivity contribution >= 4 is 34.1 Å². The Bertz CT molecular complexity index is 1130. The van der Waals surface area contributed by atoms with E-state index in [1.165, 1.54) is 6.20 Å². The number of fused-ring (bicyclic) bond motifs is 1. The molecule has 148 valence electrons. The third kappa shape index (κ3) is 3.82. The van der Waals surface area contributed by atoms with Crippen LogP contribution in [0.15, 0.2) is 36.7 Å². The molecular formula is C19H15F2N5O2S. The number of halogens is 2. The second-order valence-electron chi connectivity index (χ2n) is 6.72. The number of nitrogens with one attached hydrogen (secondary N) is 2. The van der Waals surface area contributed by atoms with Crippen LogP contribution < -0.4 is 5.32 Å². The molecular weight excluding hydrogens is 400 g/mol. The zero-order valence-electron chi connectivity index (χ0n) is 15.0. The fourth-order valence-corrected chi connectivity index (χ4v) is 4.07. The van der Waals surface area contributed by atoms with Gasteiger partial charge in [0.2, 0.25) is 5.91 Å². The largest absolute Gasteiger partial charge is 0.361 e. The second-order valence-corrected chi connectivity index (χ2v) is 7.75. The van der Waals surface area contributed by atoms with Gasteiger partial charge in [-0.1, -0.05) is 0 Å². The number of carbonyl (C=O) groups excluding carboxylic acids is 2. The van der Waals surface area contributed by atoms with E-state index in [1.54, 1.807) is 6.07 Å². The van der Waals surface area contributed by atoms with Gasteiger partial charge in [0.05, 0.1) is 25.4 Å². The highest BCUT2D eigenvalue weighted by atomic mass is 32.1. The fraction of sp³-hybridized carbons (Fsp3) is 0.263. The van der Waals surface area contributed by atoms with Gasteiger partial charge >= 0.3 is 0 Å². The average molecular weight is 415 g/mol. The van der Waals surface area contributed by atoms with Crippen LogP contribution in [0.1, 0.15) is 16.1 Å². The van der Waals surface area contributed by atoms with E-state index >= 15 is 0 Å². The van der Waals surface area contributed by atoms with Crippen molar-refractivity contribution in [1.29, 1.82) is 5.26 Å². The summed E-state index contributed by atoms with van der Waals surface area (Å²) >= 11 is 1.16. The molecule has 1 aliphatic heterocycles. The number of nitrogens with zero attached hydrogens (tertiary/aromatic N) is 3. The molecule has 0 radical (unpaired) electrons. The summed E-state index contributed by atoms with van der Waals surface area (Å²) in [5.41, 5.74) is 1.85. The van der Waals surface area contributed by atoms with E-state index in [0.717, 1.165) is 32.7 Å². The van der Waals surface area contributed by atoms with Gasteiger partial charge in [-0.05, 0) is 24.3 Å². The van der Waals surface area contributed by atoms with Gasteiger partial charge in [-0.15, -0.1) is 11.3 Å². The Morgan fingerprint density at radius 3 is 3.03 bits per heavy atom. The van der Waals surface area contributed by atoms with E-state index in [2.05, 4.69) is 15.3 Å². The standard InChI is InChI=1S/C19H15F2N5O2S/c20-19(21)6-13(7-22)26(10-19)16(27)9-24-17(28)15-8-25-18(29-15)12-1-2-14-11(5-12)3-4-23-14/h1-5,8,13,23H,6,9-10H2,(H,24,28)/t13-/m0/s1. The first-order chi connectivity index (χ1) is 13.9. The van der Waals surface area contributed by atoms with Crippen molar-refractivity contribution in [3.05, 3.63) is 41.5 Å². The summed E-state index contributed by atoms with van der Waals surface area (Å²) in [5.74, 6) is -4.33. The van der Waals surface area contributed by atoms with Gasteiger partial charge in [0.1, 0.15) is 15.9 Å². The highest BCUT2D eigenvalue weighted by Crippen LogP contribution is 2.31. The zero-order chi connectivity index (χ0) is 20.6. The van der Waals surface area contributed by atoms with Gasteiger partial charge < -0.3 is 15.2 Å². The van der Waals surface area contributed by atoms with Crippen LogP contribution in [0.2, 0.25) is 0 Å². The summed E-state index contributed by atoms with van der Waals surface area (Å²) in [6.07, 6.45) is 2.55. The number of likely N-dealkylation sites (tertiary alicyclic amines) is 1. The number of benzene rings is 1. The molecule has 0 aliphatic carbocycles. The summed E-state index contributed by atoms with van der Waals surface area (Å²) in [4.78, 5) is 33.0. The van der Waals surface area contributed by atoms with Gasteiger partial charge in [0, 0.05) is 29.1 Å². The number of thiazole rings is 1. The molecule has 1 saturated heterocycles. The number of hydrogen-bond donors (Lipinski definition) is 2. The molecule has 0 unspecified atom stereocenters. The number of amides is 2. The summed E-state index contributed by atoms with van der Waals surface area (Å²) < 4.78 is 26.9. The summed E-state index contributed by atoms with van der Waals surface area (Å²) in [6.45, 7) is -1.28. The molecule has 10 heteroatoms. The zero-order valence-corrected chi connectivity index (χ0v) is 15.8. The molecule has 1 aliphatic rings. The van der Waals surface area contributed by atoms with Crippen LogP contribution in [0.4, 0.5) is 8.78 Å². The van der Waals surface area contributed by atoms with Crippen LogP contribution in [-0.2, 0) is 4.79 Å². The third-order valence-electron chi connectivity index (χ3n) is 4.67. The fourth-order valence-electron chi connectivity index (χ4n) is 3.24. The van der Waals surface area contributed by atoms with Crippen LogP contribution in [0.25, 0.3) is 21.5 Å². The Kier molecular flexibility index (Phi) is 4.76. The Morgan fingerprint density at radius 2 is 2.24 bits per heavy atom. The van der Waals surface area contributed by atoms with E-state index in [4.69, 9.17) is 5.26 Å². The molecule has 2 amide bonds. The number of aromatic nitrogens is 2. The number of rotatable bonds is 4. The van der Waals surface area contributed by atoms with E-state index in [-0.39, 0.29) is 0 Å². The number of alkyl halides is 2. The topological polar surface area (TPSA) is 102 Å². The van der Waals surface area contributed by atoms with E-state index in [9.17, 15) is 18.4 Å². The lowest BCUT2D eigenvalue weighted by Gasteiger charge is -2.19. The van der Waals surface area contributed by atoms with Gasteiger partial charge in [-0.2, -0.15) is 5.26 Å². The molecule has 2 N–H and O–H groups in total. The Balaban J connectivity index is 1.40. The highest BCUT2D eigenvalue weighted by Gasteiger charge is 2.47. The van der Waals surface area contributed by atoms with Crippen molar-refractivity contribution in [3.8, 4) is 16.6 Å². The van der Waals surface area contributed by atoms with Crippen LogP contribution in [-0.4, -0.2) is 51.7 Å². The molecule has 0 saturated carbocycles. The van der Waals surface area contributed by atoms with Crippen molar-refractivity contribution in [1.82, 2.24) is 20.2 Å². The van der Waals surface area contributed by atoms with Gasteiger partial charge in [-0.3, -0.25) is 9.59 Å². The first-order valence-electron chi connectivity index (χ1n) is 8.75. The average Bonchev–Trinajstić information content (AvgIpc) is 3.42. The molecule has 4 rings (SSSR count). The number of carbonyl (C=O) groups is 2. The Labute approximate surface area is 168 Å². The minimum Gasteiger partial charge on any atom is -0.361 e. The minimum absolute atomic E-state index is 0.297. The number of H-pyrrole nitrogens is 1. The molecule has 0 bridgehead atoms. The normalized spacial score (nSPS) is 18.0. The molecule has 0 spiro atoms. The molecule has 29 heavy (non-hydrogen) atoms. The van der Waals surface area contributed by atoms with Gasteiger partial charge in [-0.25, -0.2) is 13.8 Å². The first kappa shape index (κ1) is 19.0. The van der Waals surface area contributed by atoms with Crippen LogP contribution >= 0.6 is 11.3 Å². The molecule has 1 fully saturated rings. The SMILES string of the molecule is N#C[C@@H]1CC(F)(F)CN1C(=O)CNC(=O)c1cnc(-c2ccc3[nH]ccc3c2)s1. The summed E-state index contributed by atoms with van der Waals surface area (Å²) in [5, 5.41) is 13.0. The molecule has 3 aromatic rings. The van der Waals surface area contributed by atoms with Gasteiger partial charge in [0.15, 0.2) is 0 Å². The van der Waals surface area contributed by atoms with E-state index < -0.39 is 43.3 Å². The maximum atomic E-state index is 13.5. The van der Waals surface area contributed by atoms with Crippen LogP contribution in [0, 0.1) is 11.3 Å². The molecule has 2 aromatic heterocycles. The van der Waals surface area contributed by atoms with Crippen molar-refractivity contribution < 1.29 is 18.4 Å². The lowest BCUT2D eigenvalue weighted by Crippen LogP contribution is -2.42. The smallest absolute Gasteiger partial charge is 0.268 e. The lowest BCUT2D eigenvalue weighted by atomic mass is 10.2. The molecule has 1 aromatic carbocycles. The second kappa shape index (κ2) is 7.25. The quantitative estimate of drug-likeness (QED) is 0.684. The third-order valence-corrected chi connectivity index (χ3v) is 5.71. The van der Waals surface area contributed by atoms with Crippen LogP contribution in [0.3, 0.4) is 0 Å². The van der Waals surface area contributed by atoms with Crippen molar-refractivity contribution in [2.45, 2.75) is 18.4 Å². The molecule has 7 nitrogen and oxygen atoms in total. The number of nitriles is 1. The predicted octanol–water partition coefficient (Wildman–Crippen LogP) is 2.78. The van der Waals surface area contributed by atoms with E-state index in [0.29, 0.717) is 9.88 Å². The summed E-state index contributed by atoms with van der Waals surface area (Å²) in [6, 6.07) is 8.21. The first-order valence-corrected chi connectivity index (χ1v) is 9.56. The molecule has 1 atom stereocenters. The van der Waals surface area contributed by atoms with E-state index in [1.807, 2.05) is 30.5 Å². The maximum absolute atomic E-state index is 13.5. The lowest BCUT2D eigenvalue weighted by molar-refractivity contribution is -0.131. The van der Waals surface area contributed by atoms with Crippen molar-refractivity contribution in [2.24, 2.45) is 0 Å². The maximum Gasteiger partial charge on any atom is 0.268 e. The molecule has 3 heterocycles. The minimum atomic E-state index is -3.09. The highest BCUT2D eigenvalue weighted by molar-refractivity contribution is 7.16. The van der Waals surface area contributed by atoms with Crippen molar-refractivity contribution in [2.75, 3.05) is 13.1 Å². The monoisotopic (exact) mass is 415 g/mol. The summed E-state index contributed by atoms with van der Waals surface area (Å²) in [7, 11) is 0. The number of hydrogen-bond acceptors (Lipinski definition) is 5. The Morgan fingerprint density at radius 1 is 1.41 bits per heavy atom.